The van der Waals surface area contributed by atoms with Crippen LogP contribution in [0.5, 0.6) is 0 Å². The Balaban J connectivity index is 2.11. The molecule has 0 aromatic carbocycles. The molecule has 0 aliphatic heterocycles. The summed E-state index contributed by atoms with van der Waals surface area (Å²) in [6.45, 7) is 9.35. The maximum atomic E-state index is 2.44. The fourth-order valence-corrected chi connectivity index (χ4v) is 2.39. The SMILES string of the molecule is CC(C)CCCC(C)CCC1=CCC(C)C=C1. The monoisotopic (exact) mass is 234 g/mol. The van der Waals surface area contributed by atoms with E-state index < -0.39 is 0 Å². The van der Waals surface area contributed by atoms with Crippen LogP contribution < -0.4 is 0 Å². The lowest BCUT2D eigenvalue weighted by molar-refractivity contribution is 0.437. The summed E-state index contributed by atoms with van der Waals surface area (Å²) >= 11 is 0. The lowest BCUT2D eigenvalue weighted by Crippen LogP contribution is -1.99. The molecule has 0 aromatic rings. The van der Waals surface area contributed by atoms with Gasteiger partial charge in [0.15, 0.2) is 0 Å². The van der Waals surface area contributed by atoms with Gasteiger partial charge in [0.25, 0.3) is 0 Å². The Morgan fingerprint density at radius 2 is 1.94 bits per heavy atom. The van der Waals surface area contributed by atoms with Gasteiger partial charge in [-0.05, 0) is 37.0 Å². The van der Waals surface area contributed by atoms with E-state index in [4.69, 9.17) is 0 Å². The Hall–Kier alpha value is -0.520. The lowest BCUT2D eigenvalue weighted by atomic mass is 9.91. The second-order valence-electron chi connectivity index (χ2n) is 6.32. The van der Waals surface area contributed by atoms with Gasteiger partial charge in [0.05, 0.1) is 0 Å². The van der Waals surface area contributed by atoms with Crippen molar-refractivity contribution in [2.45, 2.75) is 66.2 Å². The minimum atomic E-state index is 0.752. The van der Waals surface area contributed by atoms with Gasteiger partial charge in [-0.25, -0.2) is 0 Å². The normalized spacial score (nSPS) is 21.7. The minimum absolute atomic E-state index is 0.752. The van der Waals surface area contributed by atoms with Gasteiger partial charge in [-0.15, -0.1) is 0 Å². The van der Waals surface area contributed by atoms with Crippen LogP contribution >= 0.6 is 0 Å². The first-order chi connectivity index (χ1) is 8.08. The second kappa shape index (κ2) is 7.74. The average Bonchev–Trinajstić information content (AvgIpc) is 2.28. The van der Waals surface area contributed by atoms with Crippen molar-refractivity contribution < 1.29 is 0 Å². The average molecular weight is 234 g/mol. The third-order valence-corrected chi connectivity index (χ3v) is 3.79. The van der Waals surface area contributed by atoms with Crippen molar-refractivity contribution in [1.29, 1.82) is 0 Å². The van der Waals surface area contributed by atoms with E-state index in [1.165, 1.54) is 38.5 Å². The van der Waals surface area contributed by atoms with Crippen LogP contribution in [0, 0.1) is 17.8 Å². The van der Waals surface area contributed by atoms with Crippen LogP contribution in [0.4, 0.5) is 0 Å². The molecule has 0 N–H and O–H groups in total. The summed E-state index contributed by atoms with van der Waals surface area (Å²) < 4.78 is 0. The van der Waals surface area contributed by atoms with Crippen molar-refractivity contribution in [3.8, 4) is 0 Å². The zero-order chi connectivity index (χ0) is 12.7. The predicted molar refractivity (Wildman–Crippen MR) is 78.1 cm³/mol. The van der Waals surface area contributed by atoms with Gasteiger partial charge in [0, 0.05) is 0 Å². The van der Waals surface area contributed by atoms with Crippen LogP contribution in [0.3, 0.4) is 0 Å². The van der Waals surface area contributed by atoms with E-state index in [2.05, 4.69) is 45.9 Å². The highest BCUT2D eigenvalue weighted by Crippen LogP contribution is 2.23. The third-order valence-electron chi connectivity index (χ3n) is 3.79. The molecule has 98 valence electrons. The third kappa shape index (κ3) is 6.71. The molecule has 0 aromatic heterocycles. The summed E-state index contributed by atoms with van der Waals surface area (Å²) in [6, 6.07) is 0. The zero-order valence-electron chi connectivity index (χ0n) is 12.2. The van der Waals surface area contributed by atoms with Crippen molar-refractivity contribution in [1.82, 2.24) is 0 Å². The van der Waals surface area contributed by atoms with Gasteiger partial charge in [-0.3, -0.25) is 0 Å². The highest BCUT2D eigenvalue weighted by atomic mass is 14.1. The molecule has 0 radical (unpaired) electrons. The molecule has 2 unspecified atom stereocenters. The van der Waals surface area contributed by atoms with Gasteiger partial charge in [0.1, 0.15) is 0 Å². The largest absolute Gasteiger partial charge is 0.0811 e. The quantitative estimate of drug-likeness (QED) is 0.526. The molecule has 0 fully saturated rings. The van der Waals surface area contributed by atoms with Crippen LogP contribution in [0.15, 0.2) is 23.8 Å². The molecule has 0 saturated carbocycles. The van der Waals surface area contributed by atoms with Crippen LogP contribution in [0.1, 0.15) is 66.2 Å². The summed E-state index contributed by atoms with van der Waals surface area (Å²) in [5.41, 5.74) is 1.57. The Kier molecular flexibility index (Phi) is 6.62. The van der Waals surface area contributed by atoms with Gasteiger partial charge in [-0.2, -0.15) is 0 Å². The van der Waals surface area contributed by atoms with Crippen LogP contribution in [0.2, 0.25) is 0 Å². The molecule has 17 heavy (non-hydrogen) atoms. The van der Waals surface area contributed by atoms with E-state index in [9.17, 15) is 0 Å². The summed E-state index contributed by atoms with van der Waals surface area (Å²) in [6.07, 6.45) is 15.2. The van der Waals surface area contributed by atoms with Crippen molar-refractivity contribution in [3.05, 3.63) is 23.8 Å². The van der Waals surface area contributed by atoms with E-state index in [1.54, 1.807) is 5.57 Å². The van der Waals surface area contributed by atoms with E-state index in [0.29, 0.717) is 0 Å². The fourth-order valence-electron chi connectivity index (χ4n) is 2.39. The Labute approximate surface area is 108 Å². The van der Waals surface area contributed by atoms with Gasteiger partial charge >= 0.3 is 0 Å². The first kappa shape index (κ1) is 14.5. The Morgan fingerprint density at radius 3 is 2.53 bits per heavy atom. The minimum Gasteiger partial charge on any atom is -0.0811 e. The molecule has 0 heterocycles. The summed E-state index contributed by atoms with van der Waals surface area (Å²) in [4.78, 5) is 0. The molecule has 2 atom stereocenters. The number of hydrogen-bond donors (Lipinski definition) is 0. The smallest absolute Gasteiger partial charge is 0.0224 e. The molecule has 0 spiro atoms. The number of rotatable bonds is 7. The van der Waals surface area contributed by atoms with Gasteiger partial charge in [-0.1, -0.05) is 70.8 Å². The molecule has 1 aliphatic rings. The maximum Gasteiger partial charge on any atom is -0.0224 e. The molecule has 1 aliphatic carbocycles. The van der Waals surface area contributed by atoms with Gasteiger partial charge in [0.2, 0.25) is 0 Å². The maximum absolute atomic E-state index is 2.44. The predicted octanol–water partition coefficient (Wildman–Crippen LogP) is 5.75. The molecule has 0 amide bonds. The highest BCUT2D eigenvalue weighted by Gasteiger charge is 2.07. The first-order valence-corrected chi connectivity index (χ1v) is 7.45. The molecule has 0 nitrogen and oxygen atoms in total. The van der Waals surface area contributed by atoms with Crippen molar-refractivity contribution >= 4 is 0 Å². The zero-order valence-corrected chi connectivity index (χ0v) is 12.2. The van der Waals surface area contributed by atoms with E-state index >= 15 is 0 Å². The molecular weight excluding hydrogens is 204 g/mol. The molecule has 1 rings (SSSR count). The van der Waals surface area contributed by atoms with E-state index in [1.807, 2.05) is 0 Å². The summed E-state index contributed by atoms with van der Waals surface area (Å²) in [7, 11) is 0. The number of allylic oxidation sites excluding steroid dienone is 4. The van der Waals surface area contributed by atoms with Crippen LogP contribution in [-0.2, 0) is 0 Å². The Morgan fingerprint density at radius 1 is 1.18 bits per heavy atom. The first-order valence-electron chi connectivity index (χ1n) is 7.45. The van der Waals surface area contributed by atoms with E-state index in [0.717, 1.165) is 17.8 Å². The lowest BCUT2D eigenvalue weighted by Gasteiger charge is -2.15. The van der Waals surface area contributed by atoms with Crippen LogP contribution in [0.25, 0.3) is 0 Å². The van der Waals surface area contributed by atoms with Crippen molar-refractivity contribution in [2.75, 3.05) is 0 Å². The summed E-state index contributed by atoms with van der Waals surface area (Å²) in [5.74, 6) is 2.51. The molecule has 0 saturated heterocycles. The number of hydrogen-bond acceptors (Lipinski definition) is 0. The summed E-state index contributed by atoms with van der Waals surface area (Å²) in [5, 5.41) is 0. The van der Waals surface area contributed by atoms with Crippen LogP contribution in [-0.4, -0.2) is 0 Å². The highest BCUT2D eigenvalue weighted by molar-refractivity contribution is 5.23. The van der Waals surface area contributed by atoms with Gasteiger partial charge < -0.3 is 0 Å². The standard InChI is InChI=1S/C17H30/c1-14(2)6-5-7-15(3)8-11-17-12-9-16(4)10-13-17/h9,12-16H,5-8,10-11H2,1-4H3. The fraction of sp³-hybridized carbons (Fsp3) is 0.765. The molecular formula is C17H30. The molecule has 0 bridgehead atoms. The molecule has 0 heteroatoms. The topological polar surface area (TPSA) is 0 Å². The Bertz CT molecular complexity index is 257. The van der Waals surface area contributed by atoms with E-state index in [-0.39, 0.29) is 0 Å². The van der Waals surface area contributed by atoms with Crippen molar-refractivity contribution in [2.24, 2.45) is 17.8 Å². The van der Waals surface area contributed by atoms with Crippen molar-refractivity contribution in [3.63, 3.8) is 0 Å². The second-order valence-corrected chi connectivity index (χ2v) is 6.32.